The maximum Gasteiger partial charge on any atom is 0.341 e. The zero-order chi connectivity index (χ0) is 26.1. The molecule has 10 heteroatoms. The molecule has 1 saturated carbocycles. The molecule has 3 rings (SSSR count). The van der Waals surface area contributed by atoms with Crippen LogP contribution in [0.5, 0.6) is 5.75 Å². The SMILES string of the molecule is COC=C(C(=O)OC)c1ccccc1CON=C(C)C(=NOC)c1ccc(OCC2CC2(Cl)Cl)cc1. The normalized spacial score (nSPS) is 17.3. The maximum atomic E-state index is 12.2. The zero-order valence-corrected chi connectivity index (χ0v) is 22.0. The van der Waals surface area contributed by atoms with Gasteiger partial charge in [-0.15, -0.1) is 23.2 Å². The average Bonchev–Trinajstić information content (AvgIpc) is 3.50. The second-order valence-electron chi connectivity index (χ2n) is 7.99. The number of halogens is 2. The van der Waals surface area contributed by atoms with Crippen molar-refractivity contribution in [1.82, 2.24) is 0 Å². The van der Waals surface area contributed by atoms with Gasteiger partial charge in [-0.05, 0) is 43.2 Å². The lowest BCUT2D eigenvalue weighted by atomic mass is 10.0. The number of oxime groups is 2. The third-order valence-electron chi connectivity index (χ3n) is 5.43. The fraction of sp³-hybridized carbons (Fsp3) is 0.346. The van der Waals surface area contributed by atoms with Crippen LogP contribution in [0.1, 0.15) is 30.0 Å². The maximum absolute atomic E-state index is 12.2. The molecule has 192 valence electrons. The standard InChI is InChI=1S/C26H28Cl2N2O6/c1-17(29-36-14-19-7-5-6-8-22(19)23(16-32-2)25(31)33-3)24(30-34-4)18-9-11-21(12-10-18)35-15-20-13-26(20,27)28/h5-12,16,20H,13-15H2,1-4H3. The lowest BCUT2D eigenvalue weighted by molar-refractivity contribution is -0.133. The van der Waals surface area contributed by atoms with Crippen LogP contribution in [0.25, 0.3) is 5.57 Å². The highest BCUT2D eigenvalue weighted by atomic mass is 35.5. The van der Waals surface area contributed by atoms with Gasteiger partial charge in [0.25, 0.3) is 0 Å². The van der Waals surface area contributed by atoms with Crippen LogP contribution < -0.4 is 4.74 Å². The Bertz CT molecular complexity index is 1150. The van der Waals surface area contributed by atoms with Gasteiger partial charge in [-0.1, -0.05) is 34.6 Å². The van der Waals surface area contributed by atoms with Crippen molar-refractivity contribution in [3.63, 3.8) is 0 Å². The van der Waals surface area contributed by atoms with E-state index in [1.54, 1.807) is 13.0 Å². The summed E-state index contributed by atoms with van der Waals surface area (Å²) in [5, 5.41) is 8.31. The minimum atomic E-state index is -0.673. The van der Waals surface area contributed by atoms with Gasteiger partial charge in [0.15, 0.2) is 0 Å². The Morgan fingerprint density at radius 1 is 1.08 bits per heavy atom. The average molecular weight is 535 g/mol. The van der Waals surface area contributed by atoms with Gasteiger partial charge in [0.1, 0.15) is 40.8 Å². The van der Waals surface area contributed by atoms with Crippen LogP contribution >= 0.6 is 23.2 Å². The number of esters is 1. The van der Waals surface area contributed by atoms with E-state index in [1.165, 1.54) is 27.6 Å². The lowest BCUT2D eigenvalue weighted by Gasteiger charge is -2.11. The molecule has 0 heterocycles. The molecule has 0 aromatic heterocycles. The fourth-order valence-electron chi connectivity index (χ4n) is 3.38. The number of rotatable bonds is 12. The molecule has 2 aromatic carbocycles. The summed E-state index contributed by atoms with van der Waals surface area (Å²) in [5.41, 5.74) is 3.37. The van der Waals surface area contributed by atoms with Gasteiger partial charge in [-0.3, -0.25) is 0 Å². The van der Waals surface area contributed by atoms with Gasteiger partial charge < -0.3 is 23.9 Å². The summed E-state index contributed by atoms with van der Waals surface area (Å²) in [7, 11) is 4.23. The summed E-state index contributed by atoms with van der Waals surface area (Å²) in [6.45, 7) is 2.31. The summed E-state index contributed by atoms with van der Waals surface area (Å²) >= 11 is 12.1. The number of carbonyl (C=O) groups is 1. The number of carbonyl (C=O) groups excluding carboxylic acids is 1. The molecule has 0 bridgehead atoms. The molecule has 1 atom stereocenters. The van der Waals surface area contributed by atoms with Crippen LogP contribution in [0.15, 0.2) is 65.1 Å². The number of benzene rings is 2. The molecule has 0 N–H and O–H groups in total. The molecule has 0 radical (unpaired) electrons. The molecule has 8 nitrogen and oxygen atoms in total. The largest absolute Gasteiger partial charge is 0.503 e. The van der Waals surface area contributed by atoms with E-state index < -0.39 is 10.3 Å². The van der Waals surface area contributed by atoms with E-state index in [9.17, 15) is 4.79 Å². The van der Waals surface area contributed by atoms with E-state index in [0.29, 0.717) is 29.3 Å². The molecular formula is C26H28Cl2N2O6. The van der Waals surface area contributed by atoms with Crippen LogP contribution in [0, 0.1) is 5.92 Å². The van der Waals surface area contributed by atoms with Crippen LogP contribution in [0.4, 0.5) is 0 Å². The number of ether oxygens (including phenoxy) is 3. The van der Waals surface area contributed by atoms with Gasteiger partial charge in [-0.25, -0.2) is 4.79 Å². The molecule has 2 aromatic rings. The Labute approximate surface area is 220 Å². The highest BCUT2D eigenvalue weighted by Gasteiger charge is 2.52. The number of alkyl halides is 2. The number of hydrogen-bond donors (Lipinski definition) is 0. The van der Waals surface area contributed by atoms with Gasteiger partial charge in [0.2, 0.25) is 0 Å². The van der Waals surface area contributed by atoms with Gasteiger partial charge in [0.05, 0.1) is 27.1 Å². The van der Waals surface area contributed by atoms with Crippen LogP contribution in [0.2, 0.25) is 0 Å². The summed E-state index contributed by atoms with van der Waals surface area (Å²) in [5.74, 6) is 0.309. The Hall–Kier alpha value is -3.23. The van der Waals surface area contributed by atoms with Crippen molar-refractivity contribution in [1.29, 1.82) is 0 Å². The first kappa shape index (κ1) is 27.4. The molecule has 1 fully saturated rings. The molecule has 0 spiro atoms. The van der Waals surface area contributed by atoms with E-state index >= 15 is 0 Å². The van der Waals surface area contributed by atoms with Gasteiger partial charge in [-0.2, -0.15) is 0 Å². The van der Waals surface area contributed by atoms with Crippen LogP contribution in [-0.2, 0) is 30.6 Å². The summed E-state index contributed by atoms with van der Waals surface area (Å²) in [6.07, 6.45) is 2.06. The van der Waals surface area contributed by atoms with Crippen molar-refractivity contribution in [2.45, 2.75) is 24.3 Å². The van der Waals surface area contributed by atoms with Crippen molar-refractivity contribution in [3.05, 3.63) is 71.5 Å². The highest BCUT2D eigenvalue weighted by Crippen LogP contribution is 2.53. The Morgan fingerprint density at radius 2 is 1.78 bits per heavy atom. The monoisotopic (exact) mass is 534 g/mol. The second kappa shape index (κ2) is 12.6. The second-order valence-corrected chi connectivity index (χ2v) is 9.53. The first-order valence-electron chi connectivity index (χ1n) is 11.1. The topological polar surface area (TPSA) is 87.9 Å². The Kier molecular flexibility index (Phi) is 9.61. The van der Waals surface area contributed by atoms with Crippen molar-refractivity contribution in [2.75, 3.05) is 27.9 Å². The van der Waals surface area contributed by atoms with E-state index in [4.69, 9.17) is 47.1 Å². The van der Waals surface area contributed by atoms with Gasteiger partial charge in [0, 0.05) is 17.0 Å². The van der Waals surface area contributed by atoms with Gasteiger partial charge >= 0.3 is 5.97 Å². The van der Waals surface area contributed by atoms with Crippen LogP contribution in [0.3, 0.4) is 0 Å². The Balaban J connectivity index is 1.69. The molecule has 1 aliphatic carbocycles. The van der Waals surface area contributed by atoms with Crippen LogP contribution in [-0.4, -0.2) is 49.7 Å². The zero-order valence-electron chi connectivity index (χ0n) is 20.5. The molecule has 1 aliphatic rings. The third-order valence-corrected chi connectivity index (χ3v) is 6.36. The molecule has 1 unspecified atom stereocenters. The van der Waals surface area contributed by atoms with E-state index in [1.807, 2.05) is 42.5 Å². The van der Waals surface area contributed by atoms with E-state index in [-0.39, 0.29) is 18.1 Å². The number of hydrogen-bond acceptors (Lipinski definition) is 8. The quantitative estimate of drug-likeness (QED) is 0.0908. The first-order valence-corrected chi connectivity index (χ1v) is 11.8. The fourth-order valence-corrected chi connectivity index (χ4v) is 3.87. The van der Waals surface area contributed by atoms with Crippen molar-refractivity contribution >= 4 is 46.2 Å². The number of methoxy groups -OCH3 is 2. The minimum absolute atomic E-state index is 0.0996. The molecule has 0 aliphatic heterocycles. The third kappa shape index (κ3) is 7.15. The summed E-state index contributed by atoms with van der Waals surface area (Å²) < 4.78 is 15.0. The highest BCUT2D eigenvalue weighted by molar-refractivity contribution is 6.50. The molecule has 0 saturated heterocycles. The number of nitrogens with zero attached hydrogens (tertiary/aromatic N) is 2. The van der Waals surface area contributed by atoms with Crippen molar-refractivity contribution in [2.24, 2.45) is 16.2 Å². The Morgan fingerprint density at radius 3 is 2.39 bits per heavy atom. The summed E-state index contributed by atoms with van der Waals surface area (Å²) in [4.78, 5) is 22.8. The predicted octanol–water partition coefficient (Wildman–Crippen LogP) is 5.36. The first-order chi connectivity index (χ1) is 17.3. The lowest BCUT2D eigenvalue weighted by Crippen LogP contribution is -2.14. The van der Waals surface area contributed by atoms with E-state index in [2.05, 4.69) is 10.3 Å². The molecule has 36 heavy (non-hydrogen) atoms. The minimum Gasteiger partial charge on any atom is -0.503 e. The molecule has 0 amide bonds. The van der Waals surface area contributed by atoms with E-state index in [0.717, 1.165) is 17.5 Å². The van der Waals surface area contributed by atoms with Crippen molar-refractivity contribution in [3.8, 4) is 5.75 Å². The smallest absolute Gasteiger partial charge is 0.341 e. The predicted molar refractivity (Wildman–Crippen MR) is 139 cm³/mol. The summed E-state index contributed by atoms with van der Waals surface area (Å²) in [6, 6.07) is 14.6. The van der Waals surface area contributed by atoms with Crippen molar-refractivity contribution < 1.29 is 28.7 Å². The molecular weight excluding hydrogens is 507 g/mol.